The van der Waals surface area contributed by atoms with Crippen LogP contribution < -0.4 is 15.1 Å². The van der Waals surface area contributed by atoms with Gasteiger partial charge < -0.3 is 30.2 Å². The molecule has 0 bridgehead atoms. The van der Waals surface area contributed by atoms with E-state index in [9.17, 15) is 24.6 Å². The number of benzene rings is 2. The van der Waals surface area contributed by atoms with Crippen molar-refractivity contribution in [2.75, 3.05) is 42.6 Å². The van der Waals surface area contributed by atoms with Gasteiger partial charge in [-0.2, -0.15) is 0 Å². The van der Waals surface area contributed by atoms with Crippen molar-refractivity contribution in [2.24, 2.45) is 5.92 Å². The maximum Gasteiger partial charge on any atom is 0.264 e. The zero-order chi connectivity index (χ0) is 28.4. The number of carbonyl (C=O) groups excluding carboxylic acids is 3. The van der Waals surface area contributed by atoms with Crippen LogP contribution in [0.5, 0.6) is 0 Å². The van der Waals surface area contributed by atoms with Gasteiger partial charge in [0.15, 0.2) is 5.60 Å². The van der Waals surface area contributed by atoms with E-state index in [0.29, 0.717) is 43.0 Å². The van der Waals surface area contributed by atoms with E-state index < -0.39 is 17.4 Å². The van der Waals surface area contributed by atoms with Crippen LogP contribution in [-0.4, -0.2) is 71.7 Å². The smallest absolute Gasteiger partial charge is 0.264 e. The Morgan fingerprint density at radius 3 is 2.73 bits per heavy atom. The Morgan fingerprint density at radius 2 is 2.00 bits per heavy atom. The highest BCUT2D eigenvalue weighted by atomic mass is 16.3. The van der Waals surface area contributed by atoms with Crippen molar-refractivity contribution < 1.29 is 24.6 Å². The standard InChI is InChI=1S/C31H36N4O5/c1-3-14-34-27-12-11-24(33-15-13-32-18-29(33)38)17-26(27)31(40,30(34)39)21(2)7-6-10-28(37)35-19-23-9-5-4-8-22(23)16-25(35)20-36/h3-9,11-12,17,21,25,32,36,40H,1,10,13-16,18-20H2,2H3/b7-6+/t21-,25-,31+/m0/s1. The van der Waals surface area contributed by atoms with E-state index in [1.807, 2.05) is 24.3 Å². The number of carbonyl (C=O) groups is 3. The number of fused-ring (bicyclic) bond motifs is 2. The van der Waals surface area contributed by atoms with Crippen molar-refractivity contribution in [3.63, 3.8) is 0 Å². The Kier molecular flexibility index (Phi) is 7.89. The van der Waals surface area contributed by atoms with Crippen LogP contribution in [0.25, 0.3) is 0 Å². The van der Waals surface area contributed by atoms with Gasteiger partial charge in [0.2, 0.25) is 11.8 Å². The molecule has 40 heavy (non-hydrogen) atoms. The summed E-state index contributed by atoms with van der Waals surface area (Å²) in [4.78, 5) is 44.2. The Morgan fingerprint density at radius 1 is 1.23 bits per heavy atom. The molecule has 2 aromatic carbocycles. The first-order valence-corrected chi connectivity index (χ1v) is 13.7. The molecule has 0 spiro atoms. The monoisotopic (exact) mass is 544 g/mol. The van der Waals surface area contributed by atoms with Gasteiger partial charge in [-0.05, 0) is 35.7 Å². The fraction of sp³-hybridized carbons (Fsp3) is 0.387. The van der Waals surface area contributed by atoms with Crippen LogP contribution in [0.2, 0.25) is 0 Å². The molecule has 3 aliphatic heterocycles. The predicted octanol–water partition coefficient (Wildman–Crippen LogP) is 1.87. The fourth-order valence-corrected chi connectivity index (χ4v) is 5.96. The van der Waals surface area contributed by atoms with Gasteiger partial charge in [0, 0.05) is 49.8 Å². The molecule has 2 aromatic rings. The summed E-state index contributed by atoms with van der Waals surface area (Å²) in [5.41, 5.74) is 1.97. The third kappa shape index (κ3) is 4.85. The molecule has 1 saturated heterocycles. The molecular weight excluding hydrogens is 508 g/mol. The van der Waals surface area contributed by atoms with Gasteiger partial charge in [-0.25, -0.2) is 0 Å². The molecule has 0 radical (unpaired) electrons. The molecule has 5 rings (SSSR count). The number of amides is 3. The lowest BCUT2D eigenvalue weighted by molar-refractivity contribution is -0.139. The summed E-state index contributed by atoms with van der Waals surface area (Å²) in [6.45, 7) is 7.42. The molecule has 3 amide bonds. The first-order chi connectivity index (χ1) is 19.3. The molecule has 3 atom stereocenters. The Labute approximate surface area is 234 Å². The van der Waals surface area contributed by atoms with Crippen LogP contribution in [0.3, 0.4) is 0 Å². The zero-order valence-corrected chi connectivity index (χ0v) is 22.8. The van der Waals surface area contributed by atoms with Crippen LogP contribution in [-0.2, 0) is 33.0 Å². The molecule has 0 unspecified atom stereocenters. The highest BCUT2D eigenvalue weighted by Crippen LogP contribution is 2.46. The number of piperazine rings is 1. The van der Waals surface area contributed by atoms with Gasteiger partial charge in [-0.1, -0.05) is 49.4 Å². The van der Waals surface area contributed by atoms with E-state index >= 15 is 0 Å². The second-order valence-electron chi connectivity index (χ2n) is 10.6. The number of aliphatic hydroxyl groups excluding tert-OH is 1. The predicted molar refractivity (Wildman–Crippen MR) is 153 cm³/mol. The first kappa shape index (κ1) is 27.8. The Bertz CT molecular complexity index is 1360. The highest BCUT2D eigenvalue weighted by molar-refractivity contribution is 6.08. The van der Waals surface area contributed by atoms with Crippen molar-refractivity contribution in [3.8, 4) is 0 Å². The Balaban J connectivity index is 1.37. The maximum atomic E-state index is 13.6. The number of hydrogen-bond acceptors (Lipinski definition) is 6. The normalized spacial score (nSPS) is 23.4. The second kappa shape index (κ2) is 11.4. The summed E-state index contributed by atoms with van der Waals surface area (Å²) in [5, 5.41) is 24.9. The number of aliphatic hydroxyl groups is 2. The number of nitrogens with one attached hydrogen (secondary N) is 1. The molecule has 9 nitrogen and oxygen atoms in total. The van der Waals surface area contributed by atoms with E-state index in [2.05, 4.69) is 11.9 Å². The third-order valence-electron chi connectivity index (χ3n) is 8.23. The summed E-state index contributed by atoms with van der Waals surface area (Å²) in [5.74, 6) is -1.33. The van der Waals surface area contributed by atoms with E-state index in [1.165, 1.54) is 4.90 Å². The second-order valence-corrected chi connectivity index (χ2v) is 10.6. The van der Waals surface area contributed by atoms with E-state index in [0.717, 1.165) is 11.1 Å². The van der Waals surface area contributed by atoms with Crippen molar-refractivity contribution in [3.05, 3.63) is 84.0 Å². The summed E-state index contributed by atoms with van der Waals surface area (Å²) < 4.78 is 0. The molecule has 3 heterocycles. The topological polar surface area (TPSA) is 113 Å². The molecule has 0 saturated carbocycles. The van der Waals surface area contributed by atoms with E-state index in [1.54, 1.807) is 53.2 Å². The van der Waals surface area contributed by atoms with Crippen molar-refractivity contribution in [2.45, 2.75) is 38.0 Å². The van der Waals surface area contributed by atoms with Gasteiger partial charge in [0.05, 0.1) is 24.9 Å². The van der Waals surface area contributed by atoms with Crippen molar-refractivity contribution in [1.82, 2.24) is 10.2 Å². The van der Waals surface area contributed by atoms with Gasteiger partial charge in [0.25, 0.3) is 5.91 Å². The van der Waals surface area contributed by atoms with Gasteiger partial charge in [0.1, 0.15) is 0 Å². The van der Waals surface area contributed by atoms with Crippen molar-refractivity contribution in [1.29, 1.82) is 0 Å². The van der Waals surface area contributed by atoms with E-state index in [4.69, 9.17) is 0 Å². The molecule has 0 aromatic heterocycles. The maximum absolute atomic E-state index is 13.6. The minimum absolute atomic E-state index is 0.0741. The van der Waals surface area contributed by atoms with Crippen LogP contribution in [0, 0.1) is 5.92 Å². The molecule has 3 N–H and O–H groups in total. The molecular formula is C31H36N4O5. The van der Waals surface area contributed by atoms with Gasteiger partial charge in [-0.15, -0.1) is 6.58 Å². The number of anilines is 2. The molecule has 3 aliphatic rings. The van der Waals surface area contributed by atoms with Crippen LogP contribution in [0.1, 0.15) is 30.0 Å². The molecule has 1 fully saturated rings. The first-order valence-electron chi connectivity index (χ1n) is 13.7. The van der Waals surface area contributed by atoms with Crippen LogP contribution in [0.4, 0.5) is 11.4 Å². The number of rotatable bonds is 8. The summed E-state index contributed by atoms with van der Waals surface area (Å²) >= 11 is 0. The zero-order valence-electron chi connectivity index (χ0n) is 22.8. The third-order valence-corrected chi connectivity index (χ3v) is 8.23. The number of nitrogens with zero attached hydrogens (tertiary/aromatic N) is 3. The minimum Gasteiger partial charge on any atom is -0.394 e. The highest BCUT2D eigenvalue weighted by Gasteiger charge is 2.52. The summed E-state index contributed by atoms with van der Waals surface area (Å²) in [7, 11) is 0. The lowest BCUT2D eigenvalue weighted by atomic mass is 9.82. The Hall–Kier alpha value is -3.79. The number of hydrogen-bond donors (Lipinski definition) is 3. The molecule has 210 valence electrons. The summed E-state index contributed by atoms with van der Waals surface area (Å²) in [6, 6.07) is 12.9. The average molecular weight is 545 g/mol. The fourth-order valence-electron chi connectivity index (χ4n) is 5.96. The van der Waals surface area contributed by atoms with Crippen LogP contribution >= 0.6 is 0 Å². The minimum atomic E-state index is -1.87. The lowest BCUT2D eigenvalue weighted by Crippen LogP contribution is -2.48. The van der Waals surface area contributed by atoms with Gasteiger partial charge in [-0.3, -0.25) is 14.4 Å². The SMILES string of the molecule is C=CCN1C(=O)[C@@](O)([C@@H](C)/C=C/CC(=O)N2Cc3ccccc3C[C@H]2CO)c2cc(N3CCNCC3=O)ccc21. The quantitative estimate of drug-likeness (QED) is 0.438. The van der Waals surface area contributed by atoms with E-state index in [-0.39, 0.29) is 44.0 Å². The van der Waals surface area contributed by atoms with Gasteiger partial charge >= 0.3 is 0 Å². The average Bonchev–Trinajstić information content (AvgIpc) is 3.18. The lowest BCUT2D eigenvalue weighted by Gasteiger charge is -2.36. The molecule has 9 heteroatoms. The van der Waals surface area contributed by atoms with Crippen LogP contribution in [0.15, 0.2) is 67.3 Å². The van der Waals surface area contributed by atoms with Crippen molar-refractivity contribution >= 4 is 29.1 Å². The summed E-state index contributed by atoms with van der Waals surface area (Å²) in [6.07, 6.45) is 5.67. The molecule has 0 aliphatic carbocycles. The largest absolute Gasteiger partial charge is 0.394 e.